The first-order valence-corrected chi connectivity index (χ1v) is 9.53. The third-order valence-corrected chi connectivity index (χ3v) is 5.23. The van der Waals surface area contributed by atoms with E-state index in [0.717, 1.165) is 5.57 Å². The average Bonchev–Trinajstić information content (AvgIpc) is 2.71. The predicted molar refractivity (Wildman–Crippen MR) is 112 cm³/mol. The minimum Gasteiger partial charge on any atom is -0.353 e. The van der Waals surface area contributed by atoms with Gasteiger partial charge in [0.25, 0.3) is 0 Å². The predicted octanol–water partition coefficient (Wildman–Crippen LogP) is 5.69. The Labute approximate surface area is 159 Å². The van der Waals surface area contributed by atoms with Crippen molar-refractivity contribution in [3.05, 3.63) is 64.8 Å². The summed E-state index contributed by atoms with van der Waals surface area (Å²) in [6, 6.07) is 6.90. The summed E-state index contributed by atoms with van der Waals surface area (Å²) in [5.41, 5.74) is 6.86. The maximum atomic E-state index is 11.6. The number of carbonyl (C=O) groups is 1. The van der Waals surface area contributed by atoms with E-state index in [1.165, 1.54) is 28.7 Å². The summed E-state index contributed by atoms with van der Waals surface area (Å²) >= 11 is 0. The third kappa shape index (κ3) is 4.55. The molecule has 0 fully saturated rings. The Morgan fingerprint density at radius 3 is 2.42 bits per heavy atom. The van der Waals surface area contributed by atoms with E-state index in [1.807, 2.05) is 26.0 Å². The third-order valence-electron chi connectivity index (χ3n) is 5.23. The molecule has 2 rings (SSSR count). The lowest BCUT2D eigenvalue weighted by Crippen LogP contribution is -2.20. The lowest BCUT2D eigenvalue weighted by molar-refractivity contribution is -0.116. The molecule has 26 heavy (non-hydrogen) atoms. The first-order valence-electron chi connectivity index (χ1n) is 9.53. The van der Waals surface area contributed by atoms with Crippen molar-refractivity contribution in [2.24, 2.45) is 0 Å². The molecule has 1 aliphatic carbocycles. The Morgan fingerprint density at radius 1 is 1.12 bits per heavy atom. The Morgan fingerprint density at radius 2 is 1.77 bits per heavy atom. The van der Waals surface area contributed by atoms with Gasteiger partial charge in [0, 0.05) is 12.6 Å². The number of allylic oxidation sites excluding steroid dienone is 5. The molecular formula is C24H33NO. The first-order chi connectivity index (χ1) is 12.1. The van der Waals surface area contributed by atoms with E-state index < -0.39 is 0 Å². The highest BCUT2D eigenvalue weighted by Gasteiger charge is 2.41. The molecule has 0 saturated heterocycles. The number of hydrogen-bond donors (Lipinski definition) is 1. The van der Waals surface area contributed by atoms with Crippen molar-refractivity contribution in [2.75, 3.05) is 6.54 Å². The molecule has 1 aliphatic rings. The fraction of sp³-hybridized carbons (Fsp3) is 0.458. The topological polar surface area (TPSA) is 29.1 Å². The van der Waals surface area contributed by atoms with Crippen LogP contribution in [0.15, 0.2) is 48.1 Å². The van der Waals surface area contributed by atoms with Crippen molar-refractivity contribution in [1.82, 2.24) is 5.32 Å². The zero-order valence-corrected chi connectivity index (χ0v) is 17.4. The van der Waals surface area contributed by atoms with E-state index in [-0.39, 0.29) is 16.7 Å². The van der Waals surface area contributed by atoms with Crippen LogP contribution in [0.1, 0.15) is 71.6 Å². The van der Waals surface area contributed by atoms with Crippen LogP contribution >= 0.6 is 0 Å². The van der Waals surface area contributed by atoms with Crippen LogP contribution in [0.2, 0.25) is 0 Å². The zero-order valence-electron chi connectivity index (χ0n) is 17.4. The van der Waals surface area contributed by atoms with Gasteiger partial charge >= 0.3 is 0 Å². The highest BCUT2D eigenvalue weighted by molar-refractivity contribution is 5.88. The number of hydrogen-bond acceptors (Lipinski definition) is 1. The average molecular weight is 352 g/mol. The van der Waals surface area contributed by atoms with Crippen molar-refractivity contribution in [3.8, 4) is 0 Å². The zero-order chi connectivity index (χ0) is 19.5. The number of benzene rings is 1. The quantitative estimate of drug-likeness (QED) is 0.536. The summed E-state index contributed by atoms with van der Waals surface area (Å²) in [7, 11) is 0. The van der Waals surface area contributed by atoms with Gasteiger partial charge in [0.1, 0.15) is 0 Å². The fourth-order valence-electron chi connectivity index (χ4n) is 4.16. The van der Waals surface area contributed by atoms with E-state index in [1.54, 1.807) is 6.08 Å². The maximum Gasteiger partial charge on any atom is 0.244 e. The largest absolute Gasteiger partial charge is 0.353 e. The number of carbonyl (C=O) groups excluding carboxylic acids is 1. The number of rotatable bonds is 5. The maximum absolute atomic E-state index is 11.6. The minimum absolute atomic E-state index is 0.0428. The van der Waals surface area contributed by atoms with Gasteiger partial charge in [0.15, 0.2) is 0 Å². The molecule has 0 bridgehead atoms. The van der Waals surface area contributed by atoms with Crippen molar-refractivity contribution in [2.45, 2.75) is 65.7 Å². The van der Waals surface area contributed by atoms with Crippen molar-refractivity contribution >= 4 is 11.5 Å². The van der Waals surface area contributed by atoms with E-state index in [4.69, 9.17) is 0 Å². The van der Waals surface area contributed by atoms with Crippen LogP contribution in [0.4, 0.5) is 0 Å². The minimum atomic E-state index is -0.0428. The summed E-state index contributed by atoms with van der Waals surface area (Å²) in [5.74, 6) is -0.0428. The molecule has 1 aromatic carbocycles. The molecule has 0 saturated carbocycles. The van der Waals surface area contributed by atoms with Crippen molar-refractivity contribution in [1.29, 1.82) is 0 Å². The molecule has 1 N–H and O–H groups in total. The lowest BCUT2D eigenvalue weighted by Gasteiger charge is -2.22. The standard InChI is InChI=1S/C24H33NO/c1-8-25-22(26)14-17(2)10-9-11-18(3)19-12-13-20-21(15-19)24(6,7)16-23(20,4)5/h9-15H,8,16H2,1-7H3,(H,25,26)/b10-9+,17-14+,18-11-. The molecule has 0 aliphatic heterocycles. The smallest absolute Gasteiger partial charge is 0.244 e. The second kappa shape index (κ2) is 7.65. The normalized spacial score (nSPS) is 18.9. The van der Waals surface area contributed by atoms with Crippen LogP contribution in [0.3, 0.4) is 0 Å². The second-order valence-corrected chi connectivity index (χ2v) is 8.70. The van der Waals surface area contributed by atoms with Gasteiger partial charge in [0.2, 0.25) is 5.91 Å². The number of amides is 1. The summed E-state index contributed by atoms with van der Waals surface area (Å²) in [6.45, 7) is 16.0. The molecule has 1 amide bonds. The van der Waals surface area contributed by atoms with Crippen LogP contribution in [-0.2, 0) is 15.6 Å². The summed E-state index contributed by atoms with van der Waals surface area (Å²) in [6.07, 6.45) is 8.92. The van der Waals surface area contributed by atoms with Crippen LogP contribution in [0.25, 0.3) is 5.57 Å². The summed E-state index contributed by atoms with van der Waals surface area (Å²) < 4.78 is 0. The molecule has 0 aromatic heterocycles. The fourth-order valence-corrected chi connectivity index (χ4v) is 4.16. The van der Waals surface area contributed by atoms with Gasteiger partial charge in [-0.1, -0.05) is 64.1 Å². The highest BCUT2D eigenvalue weighted by atomic mass is 16.1. The molecule has 140 valence electrons. The van der Waals surface area contributed by atoms with Gasteiger partial charge in [-0.2, -0.15) is 0 Å². The van der Waals surface area contributed by atoms with Gasteiger partial charge in [-0.15, -0.1) is 0 Å². The van der Waals surface area contributed by atoms with Gasteiger partial charge < -0.3 is 5.32 Å². The molecule has 2 nitrogen and oxygen atoms in total. The second-order valence-electron chi connectivity index (χ2n) is 8.70. The molecule has 0 heterocycles. The van der Waals surface area contributed by atoms with Gasteiger partial charge in [-0.25, -0.2) is 0 Å². The van der Waals surface area contributed by atoms with Crippen LogP contribution in [0.5, 0.6) is 0 Å². The highest BCUT2D eigenvalue weighted by Crippen LogP contribution is 2.49. The van der Waals surface area contributed by atoms with Crippen molar-refractivity contribution in [3.63, 3.8) is 0 Å². The van der Waals surface area contributed by atoms with E-state index in [2.05, 4.69) is 64.2 Å². The van der Waals surface area contributed by atoms with Gasteiger partial charge in [-0.05, 0) is 65.9 Å². The van der Waals surface area contributed by atoms with Gasteiger partial charge in [-0.3, -0.25) is 4.79 Å². The van der Waals surface area contributed by atoms with Crippen LogP contribution in [0, 0.1) is 0 Å². The molecule has 0 spiro atoms. The van der Waals surface area contributed by atoms with Crippen molar-refractivity contribution < 1.29 is 4.79 Å². The number of fused-ring (bicyclic) bond motifs is 1. The molecule has 0 radical (unpaired) electrons. The molecular weight excluding hydrogens is 318 g/mol. The summed E-state index contributed by atoms with van der Waals surface area (Å²) in [4.78, 5) is 11.6. The Hall–Kier alpha value is -2.09. The SMILES string of the molecule is CCNC(=O)/C=C(C)/C=C/C=C(/C)c1ccc2c(c1)C(C)(C)CC2(C)C. The van der Waals surface area contributed by atoms with Gasteiger partial charge in [0.05, 0.1) is 0 Å². The molecule has 2 heteroatoms. The Kier molecular flexibility index (Phi) is 5.95. The Bertz CT molecular complexity index is 775. The van der Waals surface area contributed by atoms with Crippen LogP contribution in [-0.4, -0.2) is 12.5 Å². The van der Waals surface area contributed by atoms with E-state index in [9.17, 15) is 4.79 Å². The molecule has 0 atom stereocenters. The van der Waals surface area contributed by atoms with E-state index in [0.29, 0.717) is 6.54 Å². The van der Waals surface area contributed by atoms with E-state index >= 15 is 0 Å². The molecule has 1 aromatic rings. The number of likely N-dealkylation sites (N-methyl/N-ethyl adjacent to an activating group) is 1. The number of nitrogens with one attached hydrogen (secondary N) is 1. The lowest BCUT2D eigenvalue weighted by atomic mass is 9.82. The van der Waals surface area contributed by atoms with Crippen LogP contribution < -0.4 is 5.32 Å². The molecule has 0 unspecified atom stereocenters. The first kappa shape index (κ1) is 20.2. The summed E-state index contributed by atoms with van der Waals surface area (Å²) in [5, 5.41) is 2.77. The monoisotopic (exact) mass is 351 g/mol. The Balaban J connectivity index is 2.21.